The molecule has 2 N–H and O–H groups in total. The Labute approximate surface area is 158 Å². The van der Waals surface area contributed by atoms with Gasteiger partial charge in [0.15, 0.2) is 0 Å². The SMILES string of the molecule is CC(C)CCCCCCC(CCC(=O)O)OC(=O)NCCN1CCCC1. The summed E-state index contributed by atoms with van der Waals surface area (Å²) in [7, 11) is 0. The topological polar surface area (TPSA) is 78.9 Å². The molecule has 0 spiro atoms. The van der Waals surface area contributed by atoms with Crippen LogP contribution in [-0.2, 0) is 9.53 Å². The average molecular weight is 371 g/mol. The minimum absolute atomic E-state index is 0.0407. The van der Waals surface area contributed by atoms with Crippen LogP contribution < -0.4 is 5.32 Å². The first-order chi connectivity index (χ1) is 12.5. The van der Waals surface area contributed by atoms with Crippen LogP contribution in [0.25, 0.3) is 0 Å². The van der Waals surface area contributed by atoms with E-state index in [1.165, 1.54) is 32.1 Å². The molecule has 0 aliphatic carbocycles. The van der Waals surface area contributed by atoms with E-state index in [2.05, 4.69) is 24.1 Å². The first-order valence-corrected chi connectivity index (χ1v) is 10.4. The molecule has 152 valence electrons. The molecular formula is C20H38N2O4. The van der Waals surface area contributed by atoms with Crippen LogP contribution in [0.1, 0.15) is 78.1 Å². The quantitative estimate of drug-likeness (QED) is 0.451. The van der Waals surface area contributed by atoms with Crippen molar-refractivity contribution in [1.29, 1.82) is 0 Å². The molecule has 6 nitrogen and oxygen atoms in total. The standard InChI is InChI=1S/C20H38N2O4/c1-17(2)9-5-3-4-6-10-18(11-12-19(23)24)26-20(25)21-13-16-22-14-7-8-15-22/h17-18H,3-16H2,1-2H3,(H,21,25)(H,23,24). The lowest BCUT2D eigenvalue weighted by molar-refractivity contribution is -0.137. The van der Waals surface area contributed by atoms with E-state index in [0.29, 0.717) is 13.0 Å². The first kappa shape index (κ1) is 22.7. The second-order valence-electron chi connectivity index (χ2n) is 7.82. The van der Waals surface area contributed by atoms with E-state index in [1.807, 2.05) is 0 Å². The van der Waals surface area contributed by atoms with Gasteiger partial charge in [-0.25, -0.2) is 4.79 Å². The van der Waals surface area contributed by atoms with Gasteiger partial charge in [0.2, 0.25) is 0 Å². The average Bonchev–Trinajstić information content (AvgIpc) is 3.08. The second kappa shape index (κ2) is 13.8. The minimum Gasteiger partial charge on any atom is -0.481 e. The summed E-state index contributed by atoms with van der Waals surface area (Å²) in [6, 6.07) is 0. The molecule has 0 aromatic rings. The maximum absolute atomic E-state index is 12.0. The summed E-state index contributed by atoms with van der Waals surface area (Å²) in [4.78, 5) is 25.1. The molecule has 1 atom stereocenters. The van der Waals surface area contributed by atoms with Gasteiger partial charge in [-0.2, -0.15) is 0 Å². The normalized spacial score (nSPS) is 16.0. The third-order valence-electron chi connectivity index (χ3n) is 4.91. The molecule has 1 amide bonds. The molecule has 1 aliphatic rings. The predicted molar refractivity (Wildman–Crippen MR) is 103 cm³/mol. The van der Waals surface area contributed by atoms with Gasteiger partial charge < -0.3 is 20.1 Å². The number of hydrogen-bond donors (Lipinski definition) is 2. The van der Waals surface area contributed by atoms with Gasteiger partial charge in [-0.3, -0.25) is 4.79 Å². The number of aliphatic carboxylic acids is 1. The number of hydrogen-bond acceptors (Lipinski definition) is 4. The van der Waals surface area contributed by atoms with Crippen molar-refractivity contribution >= 4 is 12.1 Å². The number of nitrogens with zero attached hydrogens (tertiary/aromatic N) is 1. The van der Waals surface area contributed by atoms with Crippen LogP contribution >= 0.6 is 0 Å². The lowest BCUT2D eigenvalue weighted by Gasteiger charge is -2.19. The van der Waals surface area contributed by atoms with Crippen molar-refractivity contribution in [1.82, 2.24) is 10.2 Å². The highest BCUT2D eigenvalue weighted by Gasteiger charge is 2.16. The number of carbonyl (C=O) groups is 2. The van der Waals surface area contributed by atoms with Crippen molar-refractivity contribution in [2.45, 2.75) is 84.2 Å². The highest BCUT2D eigenvalue weighted by Crippen LogP contribution is 2.15. The number of amides is 1. The fourth-order valence-corrected chi connectivity index (χ4v) is 3.34. The summed E-state index contributed by atoms with van der Waals surface area (Å²) in [5, 5.41) is 11.7. The molecule has 6 heteroatoms. The first-order valence-electron chi connectivity index (χ1n) is 10.4. The van der Waals surface area contributed by atoms with Gasteiger partial charge in [-0.15, -0.1) is 0 Å². The van der Waals surface area contributed by atoms with Crippen LogP contribution in [0, 0.1) is 5.92 Å². The Balaban J connectivity index is 2.20. The Bertz CT molecular complexity index is 395. The zero-order valence-electron chi connectivity index (χ0n) is 16.7. The van der Waals surface area contributed by atoms with Crippen LogP contribution in [0.2, 0.25) is 0 Å². The highest BCUT2D eigenvalue weighted by atomic mass is 16.6. The number of ether oxygens (including phenoxy) is 1. The molecule has 1 saturated heterocycles. The van der Waals surface area contributed by atoms with E-state index in [4.69, 9.17) is 9.84 Å². The van der Waals surface area contributed by atoms with Crippen LogP contribution in [-0.4, -0.2) is 54.4 Å². The molecule has 1 fully saturated rings. The fraction of sp³-hybridized carbons (Fsp3) is 0.900. The largest absolute Gasteiger partial charge is 0.481 e. The Morgan fingerprint density at radius 3 is 2.31 bits per heavy atom. The Kier molecular flexibility index (Phi) is 12.1. The van der Waals surface area contributed by atoms with E-state index in [-0.39, 0.29) is 12.5 Å². The maximum Gasteiger partial charge on any atom is 0.407 e. The molecule has 1 heterocycles. The number of rotatable bonds is 14. The summed E-state index contributed by atoms with van der Waals surface area (Å²) >= 11 is 0. The minimum atomic E-state index is -0.843. The molecule has 1 rings (SSSR count). The van der Waals surface area contributed by atoms with Crippen LogP contribution in [0.3, 0.4) is 0 Å². The smallest absolute Gasteiger partial charge is 0.407 e. The van der Waals surface area contributed by atoms with Crippen molar-refractivity contribution in [3.63, 3.8) is 0 Å². The number of alkyl carbamates (subject to hydrolysis) is 1. The van der Waals surface area contributed by atoms with Crippen molar-refractivity contribution < 1.29 is 19.4 Å². The van der Waals surface area contributed by atoms with E-state index in [9.17, 15) is 9.59 Å². The summed E-state index contributed by atoms with van der Waals surface area (Å²) in [6.07, 6.45) is 8.67. The number of carboxylic acid groups (broad SMARTS) is 1. The number of nitrogens with one attached hydrogen (secondary N) is 1. The van der Waals surface area contributed by atoms with Crippen molar-refractivity contribution in [2.75, 3.05) is 26.2 Å². The molecule has 0 saturated carbocycles. The third kappa shape index (κ3) is 12.1. The molecular weight excluding hydrogens is 332 g/mol. The summed E-state index contributed by atoms with van der Waals surface area (Å²) < 4.78 is 5.48. The molecule has 1 unspecified atom stereocenters. The number of carbonyl (C=O) groups excluding carboxylic acids is 1. The molecule has 0 bridgehead atoms. The van der Waals surface area contributed by atoms with Gasteiger partial charge in [0.1, 0.15) is 6.10 Å². The molecule has 0 aromatic heterocycles. The summed E-state index contributed by atoms with van der Waals surface area (Å²) in [5.41, 5.74) is 0. The molecule has 0 aromatic carbocycles. The summed E-state index contributed by atoms with van der Waals surface area (Å²) in [5.74, 6) is -0.101. The van der Waals surface area contributed by atoms with Crippen molar-refractivity contribution in [3.05, 3.63) is 0 Å². The van der Waals surface area contributed by atoms with Crippen LogP contribution in [0.5, 0.6) is 0 Å². The monoisotopic (exact) mass is 370 g/mol. The highest BCUT2D eigenvalue weighted by molar-refractivity contribution is 5.68. The maximum atomic E-state index is 12.0. The number of likely N-dealkylation sites (tertiary alicyclic amines) is 1. The number of carboxylic acids is 1. The third-order valence-corrected chi connectivity index (χ3v) is 4.91. The van der Waals surface area contributed by atoms with Gasteiger partial charge in [0.05, 0.1) is 0 Å². The van der Waals surface area contributed by atoms with E-state index in [1.54, 1.807) is 0 Å². The van der Waals surface area contributed by atoms with E-state index >= 15 is 0 Å². The van der Waals surface area contributed by atoms with Gasteiger partial charge in [-0.1, -0.05) is 39.5 Å². The molecule has 26 heavy (non-hydrogen) atoms. The van der Waals surface area contributed by atoms with Crippen molar-refractivity contribution in [3.8, 4) is 0 Å². The lowest BCUT2D eigenvalue weighted by atomic mass is 10.0. The Hall–Kier alpha value is -1.30. The number of unbranched alkanes of at least 4 members (excludes halogenated alkanes) is 3. The van der Waals surface area contributed by atoms with Gasteiger partial charge in [0, 0.05) is 19.5 Å². The van der Waals surface area contributed by atoms with Gasteiger partial charge in [-0.05, 0) is 51.1 Å². The molecule has 0 radical (unpaired) electrons. The zero-order valence-corrected chi connectivity index (χ0v) is 16.7. The van der Waals surface area contributed by atoms with Crippen LogP contribution in [0.4, 0.5) is 4.79 Å². The lowest BCUT2D eigenvalue weighted by Crippen LogP contribution is -2.35. The Morgan fingerprint density at radius 1 is 1.04 bits per heavy atom. The van der Waals surface area contributed by atoms with E-state index in [0.717, 1.165) is 44.8 Å². The van der Waals surface area contributed by atoms with E-state index < -0.39 is 12.1 Å². The van der Waals surface area contributed by atoms with Crippen molar-refractivity contribution in [2.24, 2.45) is 5.92 Å². The summed E-state index contributed by atoms with van der Waals surface area (Å²) in [6.45, 7) is 8.12. The predicted octanol–water partition coefficient (Wildman–Crippen LogP) is 4.04. The van der Waals surface area contributed by atoms with Crippen LogP contribution in [0.15, 0.2) is 0 Å². The molecule has 1 aliphatic heterocycles. The second-order valence-corrected chi connectivity index (χ2v) is 7.82. The fourth-order valence-electron chi connectivity index (χ4n) is 3.34. The van der Waals surface area contributed by atoms with Gasteiger partial charge >= 0.3 is 12.1 Å². The Morgan fingerprint density at radius 2 is 1.69 bits per heavy atom. The zero-order chi connectivity index (χ0) is 19.2. The van der Waals surface area contributed by atoms with Gasteiger partial charge in [0.25, 0.3) is 0 Å².